The molecule has 1 atom stereocenters. The Labute approximate surface area is 449 Å². The Morgan fingerprint density at radius 3 is 0.819 bits per heavy atom. The van der Waals surface area contributed by atoms with Gasteiger partial charge in [0, 0.05) is 19.3 Å². The van der Waals surface area contributed by atoms with Gasteiger partial charge in [-0.3, -0.25) is 14.4 Å². The highest BCUT2D eigenvalue weighted by atomic mass is 16.6. The van der Waals surface area contributed by atoms with Crippen molar-refractivity contribution in [2.75, 3.05) is 13.2 Å². The zero-order valence-corrected chi connectivity index (χ0v) is 48.7. The summed E-state index contributed by atoms with van der Waals surface area (Å²) in [7, 11) is 0. The molecular formula is C66H124O6. The quantitative estimate of drug-likeness (QED) is 0.0261. The van der Waals surface area contributed by atoms with Crippen LogP contribution in [0.5, 0.6) is 0 Å². The van der Waals surface area contributed by atoms with Crippen LogP contribution in [0.3, 0.4) is 0 Å². The molecule has 0 aliphatic carbocycles. The molecular weight excluding hydrogens is 889 g/mol. The first-order valence-corrected chi connectivity index (χ1v) is 32.3. The van der Waals surface area contributed by atoms with Crippen LogP contribution in [-0.4, -0.2) is 37.2 Å². The molecule has 0 aromatic carbocycles. The van der Waals surface area contributed by atoms with E-state index in [1.54, 1.807) is 0 Å². The van der Waals surface area contributed by atoms with E-state index in [1.165, 1.54) is 238 Å². The smallest absolute Gasteiger partial charge is 0.306 e. The van der Waals surface area contributed by atoms with Crippen molar-refractivity contribution in [3.8, 4) is 0 Å². The Kier molecular flexibility index (Phi) is 59.6. The van der Waals surface area contributed by atoms with Crippen LogP contribution in [0.25, 0.3) is 0 Å². The van der Waals surface area contributed by atoms with Gasteiger partial charge < -0.3 is 14.2 Å². The lowest BCUT2D eigenvalue weighted by molar-refractivity contribution is -0.167. The number of carbonyl (C=O) groups is 3. The molecule has 0 fully saturated rings. The highest BCUT2D eigenvalue weighted by molar-refractivity contribution is 5.71. The first-order valence-electron chi connectivity index (χ1n) is 32.3. The highest BCUT2D eigenvalue weighted by Gasteiger charge is 2.19. The Bertz CT molecular complexity index is 1160. The molecule has 0 radical (unpaired) electrons. The summed E-state index contributed by atoms with van der Waals surface area (Å²) in [6.07, 6.45) is 73.4. The van der Waals surface area contributed by atoms with Crippen molar-refractivity contribution in [2.45, 2.75) is 367 Å². The van der Waals surface area contributed by atoms with E-state index in [9.17, 15) is 14.4 Å². The summed E-state index contributed by atoms with van der Waals surface area (Å²) in [5.74, 6) is -0.858. The van der Waals surface area contributed by atoms with Crippen LogP contribution < -0.4 is 0 Å². The first-order chi connectivity index (χ1) is 35.5. The van der Waals surface area contributed by atoms with Crippen molar-refractivity contribution < 1.29 is 28.6 Å². The molecule has 0 amide bonds. The average Bonchev–Trinajstić information content (AvgIpc) is 3.38. The normalized spacial score (nSPS) is 12.1. The minimum atomic E-state index is -0.772. The van der Waals surface area contributed by atoms with Crippen molar-refractivity contribution in [1.82, 2.24) is 0 Å². The standard InChI is InChI=1S/C66H124O6/c1-4-7-10-13-16-19-22-25-27-29-30-31-32-33-34-35-36-37-39-41-44-47-50-53-56-59-65(68)71-62-63(61-70-64(67)58-55-52-49-46-43-40-24-21-18-15-12-9-6-3)72-66(69)60-57-54-51-48-45-42-38-28-26-23-20-17-14-11-8-5-2/h12,15,21,24,63H,4-11,13-14,16-20,22-23,25-62H2,1-3H3/b15-12-,24-21-. The fraction of sp³-hybridized carbons (Fsp3) is 0.894. The molecule has 6 nitrogen and oxygen atoms in total. The zero-order chi connectivity index (χ0) is 52.2. The van der Waals surface area contributed by atoms with Crippen LogP contribution >= 0.6 is 0 Å². The lowest BCUT2D eigenvalue weighted by Gasteiger charge is -2.18. The number of allylic oxidation sites excluding steroid dienone is 4. The molecule has 424 valence electrons. The second-order valence-corrected chi connectivity index (χ2v) is 22.0. The summed E-state index contributed by atoms with van der Waals surface area (Å²) in [4.78, 5) is 38.3. The number of ether oxygens (including phenoxy) is 3. The number of unbranched alkanes of at least 4 members (excludes halogenated alkanes) is 45. The summed E-state index contributed by atoms with van der Waals surface area (Å²) in [6.45, 7) is 6.63. The van der Waals surface area contributed by atoms with Gasteiger partial charge in [0.05, 0.1) is 0 Å². The molecule has 0 heterocycles. The van der Waals surface area contributed by atoms with Crippen LogP contribution in [0.15, 0.2) is 24.3 Å². The zero-order valence-electron chi connectivity index (χ0n) is 48.7. The van der Waals surface area contributed by atoms with Gasteiger partial charge in [-0.15, -0.1) is 0 Å². The third-order valence-electron chi connectivity index (χ3n) is 14.7. The van der Waals surface area contributed by atoms with Crippen LogP contribution in [-0.2, 0) is 28.6 Å². The van der Waals surface area contributed by atoms with Gasteiger partial charge in [-0.05, 0) is 44.9 Å². The first kappa shape index (κ1) is 69.9. The molecule has 0 aromatic rings. The molecule has 0 saturated carbocycles. The van der Waals surface area contributed by atoms with E-state index in [2.05, 4.69) is 45.1 Å². The molecule has 0 aromatic heterocycles. The van der Waals surface area contributed by atoms with E-state index in [-0.39, 0.29) is 31.1 Å². The minimum Gasteiger partial charge on any atom is -0.462 e. The van der Waals surface area contributed by atoms with Gasteiger partial charge in [-0.25, -0.2) is 0 Å². The Hall–Kier alpha value is -2.11. The maximum absolute atomic E-state index is 12.9. The number of hydrogen-bond donors (Lipinski definition) is 0. The summed E-state index contributed by atoms with van der Waals surface area (Å²) >= 11 is 0. The average molecular weight is 1010 g/mol. The molecule has 0 N–H and O–H groups in total. The van der Waals surface area contributed by atoms with Crippen molar-refractivity contribution in [2.24, 2.45) is 0 Å². The second-order valence-electron chi connectivity index (χ2n) is 22.0. The van der Waals surface area contributed by atoms with Crippen molar-refractivity contribution in [3.63, 3.8) is 0 Å². The van der Waals surface area contributed by atoms with Gasteiger partial charge >= 0.3 is 17.9 Å². The van der Waals surface area contributed by atoms with Crippen molar-refractivity contribution in [1.29, 1.82) is 0 Å². The van der Waals surface area contributed by atoms with E-state index in [0.717, 1.165) is 83.5 Å². The summed E-state index contributed by atoms with van der Waals surface area (Å²) in [5.41, 5.74) is 0. The summed E-state index contributed by atoms with van der Waals surface area (Å²) in [6, 6.07) is 0. The lowest BCUT2D eigenvalue weighted by atomic mass is 10.0. The van der Waals surface area contributed by atoms with Gasteiger partial charge in [0.2, 0.25) is 0 Å². The third-order valence-corrected chi connectivity index (χ3v) is 14.7. The van der Waals surface area contributed by atoms with Gasteiger partial charge in [0.1, 0.15) is 13.2 Å². The van der Waals surface area contributed by atoms with Gasteiger partial charge in [-0.1, -0.05) is 321 Å². The molecule has 0 aliphatic heterocycles. The molecule has 0 bridgehead atoms. The topological polar surface area (TPSA) is 78.9 Å². The van der Waals surface area contributed by atoms with E-state index >= 15 is 0 Å². The van der Waals surface area contributed by atoms with E-state index in [4.69, 9.17) is 14.2 Å². The molecule has 1 unspecified atom stereocenters. The van der Waals surface area contributed by atoms with E-state index < -0.39 is 6.10 Å². The minimum absolute atomic E-state index is 0.0697. The van der Waals surface area contributed by atoms with Crippen molar-refractivity contribution in [3.05, 3.63) is 24.3 Å². The number of esters is 3. The predicted octanol–water partition coefficient (Wildman–Crippen LogP) is 21.8. The largest absolute Gasteiger partial charge is 0.462 e. The fourth-order valence-electron chi connectivity index (χ4n) is 9.84. The number of rotatable bonds is 60. The SMILES string of the molecule is CCC/C=C\C/C=C\CCCCCCCC(=O)OCC(COC(=O)CCCCCCCCCCCCCCCCCCCCCCCCCCC)OC(=O)CCCCCCCCCCCCCCCCCC. The lowest BCUT2D eigenvalue weighted by Crippen LogP contribution is -2.30. The van der Waals surface area contributed by atoms with Gasteiger partial charge in [0.25, 0.3) is 0 Å². The van der Waals surface area contributed by atoms with Crippen molar-refractivity contribution >= 4 is 17.9 Å². The number of carbonyl (C=O) groups excluding carboxylic acids is 3. The predicted molar refractivity (Wildman–Crippen MR) is 312 cm³/mol. The molecule has 0 aliphatic rings. The Balaban J connectivity index is 4.20. The van der Waals surface area contributed by atoms with Crippen LogP contribution in [0, 0.1) is 0 Å². The molecule has 0 saturated heterocycles. The third kappa shape index (κ3) is 58.8. The second kappa shape index (κ2) is 61.4. The molecule has 72 heavy (non-hydrogen) atoms. The highest BCUT2D eigenvalue weighted by Crippen LogP contribution is 2.18. The van der Waals surface area contributed by atoms with E-state index in [1.807, 2.05) is 0 Å². The Morgan fingerprint density at radius 2 is 0.528 bits per heavy atom. The van der Waals surface area contributed by atoms with Crippen LogP contribution in [0.2, 0.25) is 0 Å². The maximum atomic E-state index is 12.9. The summed E-state index contributed by atoms with van der Waals surface area (Å²) in [5, 5.41) is 0. The van der Waals surface area contributed by atoms with Crippen LogP contribution in [0.1, 0.15) is 361 Å². The Morgan fingerprint density at radius 1 is 0.278 bits per heavy atom. The van der Waals surface area contributed by atoms with Crippen LogP contribution in [0.4, 0.5) is 0 Å². The van der Waals surface area contributed by atoms with E-state index in [0.29, 0.717) is 19.3 Å². The molecule has 6 heteroatoms. The molecule has 0 rings (SSSR count). The fourth-order valence-corrected chi connectivity index (χ4v) is 9.84. The summed E-state index contributed by atoms with van der Waals surface area (Å²) < 4.78 is 16.9. The molecule has 0 spiro atoms. The number of hydrogen-bond acceptors (Lipinski definition) is 6. The van der Waals surface area contributed by atoms with Gasteiger partial charge in [0.15, 0.2) is 6.10 Å². The maximum Gasteiger partial charge on any atom is 0.306 e. The monoisotopic (exact) mass is 1010 g/mol. The van der Waals surface area contributed by atoms with Gasteiger partial charge in [-0.2, -0.15) is 0 Å².